The van der Waals surface area contributed by atoms with Gasteiger partial charge in [-0.2, -0.15) is 0 Å². The Kier molecular flexibility index (Phi) is 5.07. The summed E-state index contributed by atoms with van der Waals surface area (Å²) in [6, 6.07) is 5.45. The molecular formula is C16H25N3O2. The molecule has 2 rings (SSSR count). The molecule has 0 bridgehead atoms. The molecule has 1 saturated heterocycles. The van der Waals surface area contributed by atoms with Gasteiger partial charge < -0.3 is 20.6 Å². The molecule has 1 aliphatic heterocycles. The van der Waals surface area contributed by atoms with Gasteiger partial charge in [0.25, 0.3) is 5.91 Å². The molecule has 3 N–H and O–H groups in total. The molecule has 1 fully saturated rings. The summed E-state index contributed by atoms with van der Waals surface area (Å²) < 4.78 is 0. The number of rotatable bonds is 3. The van der Waals surface area contributed by atoms with Crippen LogP contribution < -0.4 is 10.6 Å². The van der Waals surface area contributed by atoms with Gasteiger partial charge >= 0.3 is 0 Å². The molecule has 0 aliphatic carbocycles. The highest BCUT2D eigenvalue weighted by Gasteiger charge is 2.25. The number of aliphatic hydroxyl groups excluding tert-OH is 1. The Morgan fingerprint density at radius 1 is 1.38 bits per heavy atom. The highest BCUT2D eigenvalue weighted by molar-refractivity contribution is 6.00. The van der Waals surface area contributed by atoms with E-state index in [0.717, 1.165) is 37.9 Å². The molecule has 0 saturated carbocycles. The standard InChI is InChI=1S/C16H25N3O2/c1-18(2)16(21)14-8-7-12(17)10-15(14)19-9-5-3-4-6-13(19)11-20/h7-8,10,13,20H,3-6,9,11,17H2,1-2H3. The maximum absolute atomic E-state index is 12.4. The monoisotopic (exact) mass is 291 g/mol. The van der Waals surface area contributed by atoms with Crippen LogP contribution in [0.4, 0.5) is 11.4 Å². The molecule has 0 aromatic heterocycles. The summed E-state index contributed by atoms with van der Waals surface area (Å²) in [5.74, 6) is -0.0362. The van der Waals surface area contributed by atoms with Crippen molar-refractivity contribution >= 4 is 17.3 Å². The number of carbonyl (C=O) groups is 1. The Bertz CT molecular complexity index is 502. The second kappa shape index (κ2) is 6.80. The molecule has 5 nitrogen and oxygen atoms in total. The van der Waals surface area contributed by atoms with E-state index in [9.17, 15) is 9.90 Å². The number of nitrogens with zero attached hydrogens (tertiary/aromatic N) is 2. The average Bonchev–Trinajstić information content (AvgIpc) is 2.71. The molecule has 0 spiro atoms. The molecule has 1 aromatic rings. The van der Waals surface area contributed by atoms with Crippen LogP contribution >= 0.6 is 0 Å². The van der Waals surface area contributed by atoms with Gasteiger partial charge in [0.2, 0.25) is 0 Å². The van der Waals surface area contributed by atoms with Crippen LogP contribution in [0.1, 0.15) is 36.0 Å². The Balaban J connectivity index is 2.44. The van der Waals surface area contributed by atoms with Gasteiger partial charge in [0, 0.05) is 26.3 Å². The summed E-state index contributed by atoms with van der Waals surface area (Å²) >= 11 is 0. The summed E-state index contributed by atoms with van der Waals surface area (Å²) in [6.45, 7) is 0.951. The van der Waals surface area contributed by atoms with Crippen LogP contribution in [0, 0.1) is 0 Å². The Morgan fingerprint density at radius 3 is 2.81 bits per heavy atom. The van der Waals surface area contributed by atoms with Gasteiger partial charge in [-0.3, -0.25) is 4.79 Å². The maximum atomic E-state index is 12.4. The van der Waals surface area contributed by atoms with E-state index in [-0.39, 0.29) is 18.6 Å². The topological polar surface area (TPSA) is 69.8 Å². The third-order valence-corrected chi connectivity index (χ3v) is 4.06. The van der Waals surface area contributed by atoms with Gasteiger partial charge in [-0.15, -0.1) is 0 Å². The largest absolute Gasteiger partial charge is 0.399 e. The van der Waals surface area contributed by atoms with E-state index >= 15 is 0 Å². The number of carbonyl (C=O) groups excluding carboxylic acids is 1. The van der Waals surface area contributed by atoms with Crippen molar-refractivity contribution in [2.45, 2.75) is 31.7 Å². The molecule has 1 amide bonds. The quantitative estimate of drug-likeness (QED) is 0.832. The van der Waals surface area contributed by atoms with Crippen LogP contribution in [0.5, 0.6) is 0 Å². The van der Waals surface area contributed by atoms with Crippen molar-refractivity contribution < 1.29 is 9.90 Å². The minimum absolute atomic E-state index is 0.0362. The van der Waals surface area contributed by atoms with E-state index in [2.05, 4.69) is 4.90 Å². The second-order valence-corrected chi connectivity index (χ2v) is 5.86. The molecule has 116 valence electrons. The van der Waals surface area contributed by atoms with Crippen LogP contribution in [0.25, 0.3) is 0 Å². The first-order valence-corrected chi connectivity index (χ1v) is 7.53. The lowest BCUT2D eigenvalue weighted by Crippen LogP contribution is -2.39. The minimum atomic E-state index is -0.0362. The lowest BCUT2D eigenvalue weighted by atomic mass is 10.1. The lowest BCUT2D eigenvalue weighted by Gasteiger charge is -2.33. The van der Waals surface area contributed by atoms with Crippen molar-refractivity contribution in [3.05, 3.63) is 23.8 Å². The molecule has 1 unspecified atom stereocenters. The SMILES string of the molecule is CN(C)C(=O)c1ccc(N)cc1N1CCCCCC1CO. The van der Waals surface area contributed by atoms with Crippen molar-refractivity contribution in [2.75, 3.05) is 37.9 Å². The molecular weight excluding hydrogens is 266 g/mol. The zero-order chi connectivity index (χ0) is 15.4. The van der Waals surface area contributed by atoms with Gasteiger partial charge in [0.05, 0.1) is 23.9 Å². The first-order chi connectivity index (χ1) is 10.0. The normalized spacial score (nSPS) is 19.2. The highest BCUT2D eigenvalue weighted by atomic mass is 16.3. The van der Waals surface area contributed by atoms with Crippen molar-refractivity contribution in [1.29, 1.82) is 0 Å². The summed E-state index contributed by atoms with van der Waals surface area (Å²) in [5, 5.41) is 9.69. The van der Waals surface area contributed by atoms with E-state index in [1.54, 1.807) is 31.1 Å². The minimum Gasteiger partial charge on any atom is -0.399 e. The van der Waals surface area contributed by atoms with E-state index in [0.29, 0.717) is 11.3 Å². The van der Waals surface area contributed by atoms with Crippen LogP contribution in [0.15, 0.2) is 18.2 Å². The van der Waals surface area contributed by atoms with Crippen molar-refractivity contribution in [1.82, 2.24) is 4.90 Å². The number of hydrogen-bond acceptors (Lipinski definition) is 4. The summed E-state index contributed by atoms with van der Waals surface area (Å²) in [5.41, 5.74) is 8.05. The van der Waals surface area contributed by atoms with Gasteiger partial charge in [-0.25, -0.2) is 0 Å². The number of anilines is 2. The van der Waals surface area contributed by atoms with E-state index < -0.39 is 0 Å². The van der Waals surface area contributed by atoms with E-state index in [4.69, 9.17) is 5.73 Å². The van der Waals surface area contributed by atoms with Crippen LogP contribution in [0.3, 0.4) is 0 Å². The number of nitrogen functional groups attached to an aromatic ring is 1. The highest BCUT2D eigenvalue weighted by Crippen LogP contribution is 2.30. The predicted octanol–water partition coefficient (Wildman–Crippen LogP) is 1.71. The zero-order valence-corrected chi connectivity index (χ0v) is 12.9. The van der Waals surface area contributed by atoms with Gasteiger partial charge in [-0.05, 0) is 31.0 Å². The number of benzene rings is 1. The Hall–Kier alpha value is -1.75. The number of nitrogens with two attached hydrogens (primary N) is 1. The zero-order valence-electron chi connectivity index (χ0n) is 12.9. The summed E-state index contributed by atoms with van der Waals surface area (Å²) in [4.78, 5) is 16.1. The predicted molar refractivity (Wildman–Crippen MR) is 85.6 cm³/mol. The number of aliphatic hydroxyl groups is 1. The Morgan fingerprint density at radius 2 is 2.14 bits per heavy atom. The van der Waals surface area contributed by atoms with E-state index in [1.165, 1.54) is 0 Å². The first-order valence-electron chi connectivity index (χ1n) is 7.53. The average molecular weight is 291 g/mol. The smallest absolute Gasteiger partial charge is 0.255 e. The van der Waals surface area contributed by atoms with Gasteiger partial charge in [0.15, 0.2) is 0 Å². The Labute approximate surface area is 126 Å². The third-order valence-electron chi connectivity index (χ3n) is 4.06. The van der Waals surface area contributed by atoms with Crippen LogP contribution in [-0.2, 0) is 0 Å². The molecule has 1 aromatic carbocycles. The molecule has 0 radical (unpaired) electrons. The fourth-order valence-electron chi connectivity index (χ4n) is 2.89. The van der Waals surface area contributed by atoms with Gasteiger partial charge in [0.1, 0.15) is 0 Å². The number of amides is 1. The lowest BCUT2D eigenvalue weighted by molar-refractivity contribution is 0.0828. The molecule has 21 heavy (non-hydrogen) atoms. The number of hydrogen-bond donors (Lipinski definition) is 2. The second-order valence-electron chi connectivity index (χ2n) is 5.86. The maximum Gasteiger partial charge on any atom is 0.255 e. The first kappa shape index (κ1) is 15.6. The molecule has 5 heteroatoms. The van der Waals surface area contributed by atoms with E-state index in [1.807, 2.05) is 6.07 Å². The molecule has 1 heterocycles. The van der Waals surface area contributed by atoms with Crippen LogP contribution in [0.2, 0.25) is 0 Å². The fourth-order valence-corrected chi connectivity index (χ4v) is 2.89. The van der Waals surface area contributed by atoms with Crippen molar-refractivity contribution in [2.24, 2.45) is 0 Å². The summed E-state index contributed by atoms with van der Waals surface area (Å²) in [7, 11) is 3.49. The van der Waals surface area contributed by atoms with Crippen LogP contribution in [-0.4, -0.2) is 49.2 Å². The third kappa shape index (κ3) is 3.47. The molecule has 1 aliphatic rings. The fraction of sp³-hybridized carbons (Fsp3) is 0.562. The van der Waals surface area contributed by atoms with Gasteiger partial charge in [-0.1, -0.05) is 12.8 Å². The van der Waals surface area contributed by atoms with Crippen molar-refractivity contribution in [3.8, 4) is 0 Å². The van der Waals surface area contributed by atoms with Crippen molar-refractivity contribution in [3.63, 3.8) is 0 Å². The molecule has 1 atom stereocenters. The summed E-state index contributed by atoms with van der Waals surface area (Å²) in [6.07, 6.45) is 4.29.